The molecular weight excluding hydrogens is 238 g/mol. The summed E-state index contributed by atoms with van der Waals surface area (Å²) in [5.41, 5.74) is 7.85. The molecule has 0 aliphatic carbocycles. The normalized spacial score (nSPS) is 14.3. The molecule has 0 radical (unpaired) electrons. The first-order valence-electron chi connectivity index (χ1n) is 6.67. The monoisotopic (exact) mass is 263 g/mol. The van der Waals surface area contributed by atoms with E-state index in [9.17, 15) is 5.11 Å². The third kappa shape index (κ3) is 4.91. The van der Waals surface area contributed by atoms with Gasteiger partial charge in [-0.15, -0.1) is 0 Å². The van der Waals surface area contributed by atoms with Gasteiger partial charge in [-0.1, -0.05) is 45.0 Å². The fourth-order valence-corrected chi connectivity index (χ4v) is 1.73. The van der Waals surface area contributed by atoms with E-state index in [2.05, 4.69) is 43.2 Å². The van der Waals surface area contributed by atoms with Crippen LogP contribution < -0.4 is 11.1 Å². The van der Waals surface area contributed by atoms with E-state index in [1.54, 1.807) is 0 Å². The molecule has 1 atom stereocenters. The van der Waals surface area contributed by atoms with Crippen molar-refractivity contribution >= 4 is 5.96 Å². The molecule has 0 fully saturated rings. The average molecular weight is 263 g/mol. The third-order valence-electron chi connectivity index (χ3n) is 2.95. The van der Waals surface area contributed by atoms with Gasteiger partial charge in [0.05, 0.1) is 12.6 Å². The van der Waals surface area contributed by atoms with E-state index in [1.807, 2.05) is 19.1 Å². The van der Waals surface area contributed by atoms with Gasteiger partial charge in [-0.25, -0.2) is 0 Å². The maximum absolute atomic E-state index is 10.0. The van der Waals surface area contributed by atoms with Crippen molar-refractivity contribution in [3.8, 4) is 0 Å². The van der Waals surface area contributed by atoms with E-state index in [4.69, 9.17) is 5.73 Å². The Morgan fingerprint density at radius 2 is 1.89 bits per heavy atom. The predicted molar refractivity (Wildman–Crippen MR) is 80.3 cm³/mol. The molecule has 0 saturated heterocycles. The van der Waals surface area contributed by atoms with E-state index in [0.29, 0.717) is 5.96 Å². The van der Waals surface area contributed by atoms with Crippen LogP contribution in [0.2, 0.25) is 0 Å². The first kappa shape index (κ1) is 15.5. The van der Waals surface area contributed by atoms with Crippen molar-refractivity contribution in [2.75, 3.05) is 13.1 Å². The molecule has 106 valence electrons. The number of hydrogen-bond donors (Lipinski definition) is 3. The molecule has 0 aromatic heterocycles. The van der Waals surface area contributed by atoms with E-state index < -0.39 is 6.10 Å². The Morgan fingerprint density at radius 3 is 2.37 bits per heavy atom. The first-order valence-corrected chi connectivity index (χ1v) is 6.67. The Hall–Kier alpha value is -1.55. The second-order valence-corrected chi connectivity index (χ2v) is 5.64. The summed E-state index contributed by atoms with van der Waals surface area (Å²) in [6.45, 7) is 9.45. The summed E-state index contributed by atoms with van der Waals surface area (Å²) in [6.07, 6.45) is -0.619. The number of aliphatic hydroxyl groups is 1. The smallest absolute Gasteiger partial charge is 0.188 e. The Kier molecular flexibility index (Phi) is 5.36. The molecule has 0 bridgehead atoms. The predicted octanol–water partition coefficient (Wildman–Crippen LogP) is 1.94. The van der Waals surface area contributed by atoms with Gasteiger partial charge in [-0.2, -0.15) is 0 Å². The summed E-state index contributed by atoms with van der Waals surface area (Å²) < 4.78 is 0. The topological polar surface area (TPSA) is 70.6 Å². The van der Waals surface area contributed by atoms with Crippen LogP contribution in [-0.2, 0) is 5.41 Å². The third-order valence-corrected chi connectivity index (χ3v) is 2.95. The molecule has 0 amide bonds. The van der Waals surface area contributed by atoms with Crippen LogP contribution >= 0.6 is 0 Å². The fourth-order valence-electron chi connectivity index (χ4n) is 1.73. The molecule has 0 saturated carbocycles. The van der Waals surface area contributed by atoms with Crippen molar-refractivity contribution < 1.29 is 5.11 Å². The second kappa shape index (κ2) is 6.57. The highest BCUT2D eigenvalue weighted by Gasteiger charge is 2.14. The zero-order chi connectivity index (χ0) is 14.5. The highest BCUT2D eigenvalue weighted by molar-refractivity contribution is 5.77. The summed E-state index contributed by atoms with van der Waals surface area (Å²) in [5, 5.41) is 12.9. The number of aliphatic hydroxyl groups excluding tert-OH is 1. The van der Waals surface area contributed by atoms with Crippen molar-refractivity contribution in [1.82, 2.24) is 5.32 Å². The molecule has 1 rings (SSSR count). The lowest BCUT2D eigenvalue weighted by atomic mass is 9.86. The van der Waals surface area contributed by atoms with Crippen molar-refractivity contribution in [3.63, 3.8) is 0 Å². The fraction of sp³-hybridized carbons (Fsp3) is 0.533. The number of rotatable bonds is 4. The molecule has 4 heteroatoms. The largest absolute Gasteiger partial charge is 0.386 e. The van der Waals surface area contributed by atoms with Gasteiger partial charge in [0, 0.05) is 6.54 Å². The van der Waals surface area contributed by atoms with Crippen molar-refractivity contribution in [1.29, 1.82) is 0 Å². The number of hydrogen-bond acceptors (Lipinski definition) is 2. The van der Waals surface area contributed by atoms with Gasteiger partial charge in [0.15, 0.2) is 5.96 Å². The number of guanidine groups is 1. The van der Waals surface area contributed by atoms with Crippen LogP contribution in [0.3, 0.4) is 0 Å². The average Bonchev–Trinajstić information content (AvgIpc) is 2.35. The van der Waals surface area contributed by atoms with Gasteiger partial charge in [-0.3, -0.25) is 4.99 Å². The van der Waals surface area contributed by atoms with Crippen molar-refractivity contribution in [3.05, 3.63) is 35.4 Å². The molecule has 1 aromatic carbocycles. The van der Waals surface area contributed by atoms with Gasteiger partial charge < -0.3 is 16.2 Å². The summed E-state index contributed by atoms with van der Waals surface area (Å²) in [6, 6.07) is 8.00. The molecule has 4 nitrogen and oxygen atoms in total. The quantitative estimate of drug-likeness (QED) is 0.574. The molecule has 0 aliphatic rings. The van der Waals surface area contributed by atoms with Crippen LogP contribution in [-0.4, -0.2) is 24.2 Å². The molecule has 4 N–H and O–H groups in total. The van der Waals surface area contributed by atoms with Crippen LogP contribution in [0.25, 0.3) is 0 Å². The number of aliphatic imine (C=N–C) groups is 1. The van der Waals surface area contributed by atoms with Gasteiger partial charge in [-0.05, 0) is 23.5 Å². The molecule has 0 heterocycles. The number of benzene rings is 1. The highest BCUT2D eigenvalue weighted by Crippen LogP contribution is 2.23. The van der Waals surface area contributed by atoms with Gasteiger partial charge in [0.1, 0.15) is 0 Å². The summed E-state index contributed by atoms with van der Waals surface area (Å²) in [5.74, 6) is 0.368. The zero-order valence-electron chi connectivity index (χ0n) is 12.3. The lowest BCUT2D eigenvalue weighted by Crippen LogP contribution is -2.31. The molecule has 1 aromatic rings. The van der Waals surface area contributed by atoms with Crippen LogP contribution in [0.15, 0.2) is 29.3 Å². The van der Waals surface area contributed by atoms with Gasteiger partial charge >= 0.3 is 0 Å². The highest BCUT2D eigenvalue weighted by atomic mass is 16.3. The van der Waals surface area contributed by atoms with E-state index in [0.717, 1.165) is 12.1 Å². The summed E-state index contributed by atoms with van der Waals surface area (Å²) >= 11 is 0. The minimum Gasteiger partial charge on any atom is -0.386 e. The SMILES string of the molecule is CCNC(N)=NCC(O)c1ccc(C(C)(C)C)cc1. The molecule has 19 heavy (non-hydrogen) atoms. The minimum absolute atomic E-state index is 0.122. The van der Waals surface area contributed by atoms with E-state index in [1.165, 1.54) is 5.56 Å². The number of nitrogens with two attached hydrogens (primary N) is 1. The standard InChI is InChI=1S/C15H25N3O/c1-5-17-14(16)18-10-13(19)11-6-8-12(9-7-11)15(2,3)4/h6-9,13,19H,5,10H2,1-4H3,(H3,16,17,18). The van der Waals surface area contributed by atoms with Crippen LogP contribution in [0.5, 0.6) is 0 Å². The van der Waals surface area contributed by atoms with Gasteiger partial charge in [0.2, 0.25) is 0 Å². The van der Waals surface area contributed by atoms with E-state index >= 15 is 0 Å². The zero-order valence-corrected chi connectivity index (χ0v) is 12.3. The van der Waals surface area contributed by atoms with Crippen LogP contribution in [0.4, 0.5) is 0 Å². The van der Waals surface area contributed by atoms with Crippen molar-refractivity contribution in [2.24, 2.45) is 10.7 Å². The second-order valence-electron chi connectivity index (χ2n) is 5.64. The summed E-state index contributed by atoms with van der Waals surface area (Å²) in [4.78, 5) is 4.09. The molecule has 1 unspecified atom stereocenters. The lowest BCUT2D eigenvalue weighted by molar-refractivity contribution is 0.187. The number of nitrogens with one attached hydrogen (secondary N) is 1. The summed E-state index contributed by atoms with van der Waals surface area (Å²) in [7, 11) is 0. The van der Waals surface area contributed by atoms with Crippen LogP contribution in [0.1, 0.15) is 44.9 Å². The van der Waals surface area contributed by atoms with Crippen LogP contribution in [0, 0.1) is 0 Å². The Bertz CT molecular complexity index is 418. The maximum atomic E-state index is 10.0. The van der Waals surface area contributed by atoms with E-state index in [-0.39, 0.29) is 12.0 Å². The Morgan fingerprint density at radius 1 is 1.32 bits per heavy atom. The Balaban J connectivity index is 2.68. The number of nitrogens with zero attached hydrogens (tertiary/aromatic N) is 1. The van der Waals surface area contributed by atoms with Gasteiger partial charge in [0.25, 0.3) is 0 Å². The maximum Gasteiger partial charge on any atom is 0.188 e. The lowest BCUT2D eigenvalue weighted by Gasteiger charge is -2.19. The first-order chi connectivity index (χ1) is 8.84. The van der Waals surface area contributed by atoms with Crippen molar-refractivity contribution in [2.45, 2.75) is 39.2 Å². The molecule has 0 spiro atoms. The molecule has 0 aliphatic heterocycles. The Labute approximate surface area is 115 Å². The molecular formula is C15H25N3O. The minimum atomic E-state index is -0.619.